The monoisotopic (exact) mass is 172 g/mol. The van der Waals surface area contributed by atoms with Crippen molar-refractivity contribution >= 4 is 11.8 Å². The van der Waals surface area contributed by atoms with E-state index in [9.17, 15) is 0 Å². The minimum Gasteiger partial charge on any atom is -0.315 e. The second-order valence-electron chi connectivity index (χ2n) is 3.54. The largest absolute Gasteiger partial charge is 0.315 e. The molecule has 2 N–H and O–H groups in total. The molecule has 2 aliphatic heterocycles. The molecule has 1 atom stereocenters. The van der Waals surface area contributed by atoms with Crippen LogP contribution in [-0.2, 0) is 0 Å². The highest BCUT2D eigenvalue weighted by Crippen LogP contribution is 2.27. The van der Waals surface area contributed by atoms with Gasteiger partial charge in [-0.05, 0) is 31.7 Å². The molecular weight excluding hydrogens is 156 g/mol. The molecule has 0 saturated carbocycles. The zero-order valence-electron chi connectivity index (χ0n) is 6.86. The third-order valence-electron chi connectivity index (χ3n) is 2.60. The van der Waals surface area contributed by atoms with Gasteiger partial charge in [0.1, 0.15) is 0 Å². The Morgan fingerprint density at radius 1 is 1.27 bits per heavy atom. The molecule has 0 aromatic carbocycles. The zero-order chi connectivity index (χ0) is 7.57. The van der Waals surface area contributed by atoms with Crippen LogP contribution in [0, 0.1) is 0 Å². The standard InChI is InChI=1S/C8H16N2S/c1-3-9-6-8(10-4-1)2-5-11-7-8/h9-10H,1-7H2. The van der Waals surface area contributed by atoms with Gasteiger partial charge in [0.15, 0.2) is 0 Å². The topological polar surface area (TPSA) is 24.1 Å². The van der Waals surface area contributed by atoms with Crippen molar-refractivity contribution in [3.63, 3.8) is 0 Å². The maximum atomic E-state index is 3.67. The van der Waals surface area contributed by atoms with Crippen molar-refractivity contribution in [2.75, 3.05) is 31.1 Å². The van der Waals surface area contributed by atoms with Crippen molar-refractivity contribution in [1.29, 1.82) is 0 Å². The Balaban J connectivity index is 1.97. The fourth-order valence-corrected chi connectivity index (χ4v) is 3.26. The molecule has 2 fully saturated rings. The van der Waals surface area contributed by atoms with Crippen LogP contribution in [0.1, 0.15) is 12.8 Å². The third kappa shape index (κ3) is 1.71. The van der Waals surface area contributed by atoms with Crippen LogP contribution in [0.4, 0.5) is 0 Å². The van der Waals surface area contributed by atoms with Crippen LogP contribution < -0.4 is 10.6 Å². The van der Waals surface area contributed by atoms with Gasteiger partial charge in [-0.1, -0.05) is 0 Å². The SMILES string of the molecule is C1CNCC2(CCSC2)NC1. The summed E-state index contributed by atoms with van der Waals surface area (Å²) < 4.78 is 0. The fourth-order valence-electron chi connectivity index (χ4n) is 1.84. The summed E-state index contributed by atoms with van der Waals surface area (Å²) in [4.78, 5) is 0. The van der Waals surface area contributed by atoms with Gasteiger partial charge < -0.3 is 10.6 Å². The maximum Gasteiger partial charge on any atom is 0.0405 e. The lowest BCUT2D eigenvalue weighted by Crippen LogP contribution is -2.50. The zero-order valence-corrected chi connectivity index (χ0v) is 7.67. The van der Waals surface area contributed by atoms with Crippen LogP contribution in [-0.4, -0.2) is 36.7 Å². The van der Waals surface area contributed by atoms with E-state index in [1.807, 2.05) is 0 Å². The molecule has 0 amide bonds. The van der Waals surface area contributed by atoms with Gasteiger partial charge in [-0.15, -0.1) is 0 Å². The lowest BCUT2D eigenvalue weighted by molar-refractivity contribution is 0.376. The first-order valence-corrected chi connectivity index (χ1v) is 5.60. The lowest BCUT2D eigenvalue weighted by Gasteiger charge is -2.27. The van der Waals surface area contributed by atoms with E-state index in [1.165, 1.54) is 44.0 Å². The molecule has 3 heteroatoms. The van der Waals surface area contributed by atoms with E-state index in [4.69, 9.17) is 0 Å². The second kappa shape index (κ2) is 3.33. The first kappa shape index (κ1) is 7.90. The van der Waals surface area contributed by atoms with Crippen molar-refractivity contribution in [3.8, 4) is 0 Å². The van der Waals surface area contributed by atoms with Gasteiger partial charge in [0.2, 0.25) is 0 Å². The van der Waals surface area contributed by atoms with Gasteiger partial charge in [-0.3, -0.25) is 0 Å². The molecular formula is C8H16N2S. The molecule has 0 aliphatic carbocycles. The summed E-state index contributed by atoms with van der Waals surface area (Å²) >= 11 is 2.09. The number of thioether (sulfide) groups is 1. The fraction of sp³-hybridized carbons (Fsp3) is 1.00. The predicted molar refractivity (Wildman–Crippen MR) is 50.2 cm³/mol. The molecule has 2 heterocycles. The van der Waals surface area contributed by atoms with E-state index in [1.54, 1.807) is 0 Å². The molecule has 11 heavy (non-hydrogen) atoms. The highest BCUT2D eigenvalue weighted by molar-refractivity contribution is 7.99. The van der Waals surface area contributed by atoms with Crippen LogP contribution in [0.15, 0.2) is 0 Å². The second-order valence-corrected chi connectivity index (χ2v) is 4.65. The van der Waals surface area contributed by atoms with Gasteiger partial charge in [0, 0.05) is 17.8 Å². The average molecular weight is 172 g/mol. The van der Waals surface area contributed by atoms with Gasteiger partial charge in [-0.2, -0.15) is 11.8 Å². The van der Waals surface area contributed by atoms with Crippen LogP contribution in [0.2, 0.25) is 0 Å². The molecule has 0 radical (unpaired) electrons. The van der Waals surface area contributed by atoms with Gasteiger partial charge in [0.25, 0.3) is 0 Å². The summed E-state index contributed by atoms with van der Waals surface area (Å²) in [5.41, 5.74) is 0.459. The number of hydrogen-bond donors (Lipinski definition) is 2. The molecule has 2 aliphatic rings. The average Bonchev–Trinajstić information content (AvgIpc) is 2.32. The Hall–Kier alpha value is 0.270. The number of rotatable bonds is 0. The molecule has 0 aromatic heterocycles. The van der Waals surface area contributed by atoms with E-state index in [0.29, 0.717) is 5.54 Å². The Labute approximate surface area is 72.5 Å². The molecule has 1 spiro atoms. The van der Waals surface area contributed by atoms with E-state index in [-0.39, 0.29) is 0 Å². The van der Waals surface area contributed by atoms with Gasteiger partial charge >= 0.3 is 0 Å². The molecule has 1 unspecified atom stereocenters. The smallest absolute Gasteiger partial charge is 0.0405 e. The molecule has 64 valence electrons. The molecule has 2 saturated heterocycles. The first-order chi connectivity index (χ1) is 5.41. The van der Waals surface area contributed by atoms with E-state index in [0.717, 1.165) is 0 Å². The summed E-state index contributed by atoms with van der Waals surface area (Å²) in [6, 6.07) is 0. The maximum absolute atomic E-state index is 3.67. The van der Waals surface area contributed by atoms with E-state index in [2.05, 4.69) is 22.4 Å². The molecule has 2 nitrogen and oxygen atoms in total. The minimum absolute atomic E-state index is 0.459. The number of hydrogen-bond acceptors (Lipinski definition) is 3. The quantitative estimate of drug-likeness (QED) is 0.554. The molecule has 2 rings (SSSR count). The lowest BCUT2D eigenvalue weighted by atomic mass is 9.99. The van der Waals surface area contributed by atoms with Gasteiger partial charge in [0.05, 0.1) is 0 Å². The molecule has 0 bridgehead atoms. The normalized spacial score (nSPS) is 39.3. The Kier molecular flexibility index (Phi) is 2.39. The Morgan fingerprint density at radius 3 is 3.09 bits per heavy atom. The van der Waals surface area contributed by atoms with Crippen molar-refractivity contribution < 1.29 is 0 Å². The van der Waals surface area contributed by atoms with Crippen molar-refractivity contribution in [2.45, 2.75) is 18.4 Å². The number of nitrogens with one attached hydrogen (secondary N) is 2. The van der Waals surface area contributed by atoms with Gasteiger partial charge in [-0.25, -0.2) is 0 Å². The minimum atomic E-state index is 0.459. The summed E-state index contributed by atoms with van der Waals surface area (Å²) in [7, 11) is 0. The van der Waals surface area contributed by atoms with Crippen molar-refractivity contribution in [2.24, 2.45) is 0 Å². The highest BCUT2D eigenvalue weighted by atomic mass is 32.2. The van der Waals surface area contributed by atoms with E-state index >= 15 is 0 Å². The Morgan fingerprint density at radius 2 is 2.27 bits per heavy atom. The summed E-state index contributed by atoms with van der Waals surface area (Å²) in [5, 5.41) is 7.18. The van der Waals surface area contributed by atoms with Crippen molar-refractivity contribution in [1.82, 2.24) is 10.6 Å². The summed E-state index contributed by atoms with van der Waals surface area (Å²) in [6.07, 6.45) is 2.64. The first-order valence-electron chi connectivity index (χ1n) is 4.45. The Bertz CT molecular complexity index is 122. The predicted octanol–water partition coefficient (Wildman–Crippen LogP) is 0.445. The summed E-state index contributed by atoms with van der Waals surface area (Å²) in [6.45, 7) is 3.58. The van der Waals surface area contributed by atoms with Crippen LogP contribution >= 0.6 is 11.8 Å². The van der Waals surface area contributed by atoms with Crippen LogP contribution in [0.3, 0.4) is 0 Å². The third-order valence-corrected chi connectivity index (χ3v) is 3.85. The van der Waals surface area contributed by atoms with Crippen LogP contribution in [0.25, 0.3) is 0 Å². The van der Waals surface area contributed by atoms with Crippen LogP contribution in [0.5, 0.6) is 0 Å². The molecule has 0 aromatic rings. The van der Waals surface area contributed by atoms with Crippen molar-refractivity contribution in [3.05, 3.63) is 0 Å². The summed E-state index contributed by atoms with van der Waals surface area (Å²) in [5.74, 6) is 2.65. The van der Waals surface area contributed by atoms with E-state index < -0.39 is 0 Å². The highest BCUT2D eigenvalue weighted by Gasteiger charge is 2.33.